The number of hydrogen-bond acceptors (Lipinski definition) is 3. The van der Waals surface area contributed by atoms with Crippen molar-refractivity contribution in [1.82, 2.24) is 14.8 Å². The molecular formula is C10H18N4S. The topological polar surface area (TPSA) is 36.9 Å². The highest BCUT2D eigenvalue weighted by Gasteiger charge is 2.28. The Morgan fingerprint density at radius 2 is 2.27 bits per heavy atom. The van der Waals surface area contributed by atoms with Crippen LogP contribution in [0.4, 0.5) is 5.95 Å². The number of anilines is 1. The molecule has 0 saturated heterocycles. The predicted molar refractivity (Wildman–Crippen MR) is 63.9 cm³/mol. The van der Waals surface area contributed by atoms with E-state index in [4.69, 9.17) is 12.2 Å². The molecule has 0 bridgehead atoms. The molecule has 0 radical (unpaired) electrons. The Balaban J connectivity index is 2.29. The fraction of sp³-hybridized carbons (Fsp3) is 0.800. The first-order valence-electron chi connectivity index (χ1n) is 5.69. The van der Waals surface area contributed by atoms with Crippen LogP contribution in [0, 0.1) is 4.77 Å². The molecule has 84 valence electrons. The van der Waals surface area contributed by atoms with Crippen LogP contribution < -0.4 is 4.90 Å². The van der Waals surface area contributed by atoms with Crippen LogP contribution in [0.15, 0.2) is 0 Å². The second-order valence-corrected chi connectivity index (χ2v) is 4.40. The molecule has 0 aliphatic heterocycles. The largest absolute Gasteiger partial charge is 0.341 e. The van der Waals surface area contributed by atoms with Gasteiger partial charge in [0, 0.05) is 19.1 Å². The van der Waals surface area contributed by atoms with Gasteiger partial charge >= 0.3 is 0 Å². The van der Waals surface area contributed by atoms with E-state index in [2.05, 4.69) is 33.5 Å². The van der Waals surface area contributed by atoms with Crippen LogP contribution in [0.2, 0.25) is 0 Å². The van der Waals surface area contributed by atoms with E-state index < -0.39 is 0 Å². The van der Waals surface area contributed by atoms with Gasteiger partial charge in [0.2, 0.25) is 5.95 Å². The molecule has 1 heterocycles. The predicted octanol–water partition coefficient (Wildman–Crippen LogP) is 2.51. The summed E-state index contributed by atoms with van der Waals surface area (Å²) in [5.74, 6) is 1.02. The second-order valence-electron chi connectivity index (χ2n) is 4.01. The number of H-pyrrole nitrogens is 1. The van der Waals surface area contributed by atoms with Crippen LogP contribution in [0.5, 0.6) is 0 Å². The maximum Gasteiger partial charge on any atom is 0.225 e. The van der Waals surface area contributed by atoms with Gasteiger partial charge in [0.1, 0.15) is 0 Å². The molecule has 2 rings (SSSR count). The fourth-order valence-corrected chi connectivity index (χ4v) is 2.13. The minimum absolute atomic E-state index is 0.595. The number of aromatic amines is 1. The van der Waals surface area contributed by atoms with Gasteiger partial charge in [-0.15, -0.1) is 5.10 Å². The zero-order valence-corrected chi connectivity index (χ0v) is 10.2. The highest BCUT2D eigenvalue weighted by Crippen LogP contribution is 2.37. The summed E-state index contributed by atoms with van der Waals surface area (Å²) < 4.78 is 2.94. The summed E-state index contributed by atoms with van der Waals surface area (Å²) in [6.07, 6.45) is 3.62. The molecule has 1 aromatic rings. The summed E-state index contributed by atoms with van der Waals surface area (Å²) in [6, 6.07) is 0.595. The molecule has 5 heteroatoms. The van der Waals surface area contributed by atoms with Gasteiger partial charge in [0.05, 0.1) is 0 Å². The lowest BCUT2D eigenvalue weighted by molar-refractivity contribution is 0.676. The van der Waals surface area contributed by atoms with Gasteiger partial charge in [-0.2, -0.15) is 0 Å². The Hall–Kier alpha value is -0.840. The van der Waals surface area contributed by atoms with Crippen LogP contribution in [0.3, 0.4) is 0 Å². The van der Waals surface area contributed by atoms with Crippen molar-refractivity contribution < 1.29 is 0 Å². The summed E-state index contributed by atoms with van der Waals surface area (Å²) >= 11 is 5.26. The highest BCUT2D eigenvalue weighted by molar-refractivity contribution is 7.71. The molecule has 0 spiro atoms. The quantitative estimate of drug-likeness (QED) is 0.784. The fourth-order valence-electron chi connectivity index (χ4n) is 1.85. The van der Waals surface area contributed by atoms with Gasteiger partial charge in [-0.25, -0.2) is 5.10 Å². The Morgan fingerprint density at radius 3 is 2.80 bits per heavy atom. The molecule has 0 unspecified atom stereocenters. The Morgan fingerprint density at radius 1 is 1.53 bits per heavy atom. The average molecular weight is 226 g/mol. The molecule has 1 fully saturated rings. The maximum absolute atomic E-state index is 5.26. The van der Waals surface area contributed by atoms with Crippen molar-refractivity contribution >= 4 is 18.2 Å². The number of aromatic nitrogens is 3. The van der Waals surface area contributed by atoms with E-state index in [9.17, 15) is 0 Å². The van der Waals surface area contributed by atoms with Gasteiger partial charge in [0.15, 0.2) is 4.77 Å². The van der Waals surface area contributed by atoms with E-state index in [-0.39, 0.29) is 0 Å². The van der Waals surface area contributed by atoms with Crippen molar-refractivity contribution in [1.29, 1.82) is 0 Å². The molecular weight excluding hydrogens is 208 g/mol. The van der Waals surface area contributed by atoms with E-state index in [0.29, 0.717) is 6.04 Å². The van der Waals surface area contributed by atoms with Crippen LogP contribution >= 0.6 is 12.2 Å². The van der Waals surface area contributed by atoms with Gasteiger partial charge in [0.25, 0.3) is 0 Å². The summed E-state index contributed by atoms with van der Waals surface area (Å²) in [5, 5.41) is 7.24. The Labute approximate surface area is 95.3 Å². The third kappa shape index (κ3) is 2.07. The standard InChI is InChI=1S/C10H18N4S/c1-3-7-13(4-2)9-11-12-10(15)14(9)8-5-6-8/h8H,3-7H2,1-2H3,(H,12,15). The lowest BCUT2D eigenvalue weighted by Gasteiger charge is -2.21. The van der Waals surface area contributed by atoms with Crippen LogP contribution in [-0.4, -0.2) is 27.9 Å². The highest BCUT2D eigenvalue weighted by atomic mass is 32.1. The molecule has 4 nitrogen and oxygen atoms in total. The number of nitrogens with zero attached hydrogens (tertiary/aromatic N) is 3. The summed E-state index contributed by atoms with van der Waals surface area (Å²) in [5.41, 5.74) is 0. The number of nitrogens with one attached hydrogen (secondary N) is 1. The van der Waals surface area contributed by atoms with E-state index in [0.717, 1.165) is 30.2 Å². The normalized spacial score (nSPS) is 15.6. The van der Waals surface area contributed by atoms with E-state index in [1.165, 1.54) is 12.8 Å². The van der Waals surface area contributed by atoms with Crippen molar-refractivity contribution in [3.8, 4) is 0 Å². The molecule has 0 amide bonds. The molecule has 1 N–H and O–H groups in total. The van der Waals surface area contributed by atoms with Crippen LogP contribution in [0.25, 0.3) is 0 Å². The van der Waals surface area contributed by atoms with Crippen molar-refractivity contribution in [3.05, 3.63) is 4.77 Å². The molecule has 0 atom stereocenters. The maximum atomic E-state index is 5.26. The lowest BCUT2D eigenvalue weighted by atomic mass is 10.4. The zero-order valence-electron chi connectivity index (χ0n) is 9.36. The van der Waals surface area contributed by atoms with Crippen molar-refractivity contribution in [3.63, 3.8) is 0 Å². The molecule has 1 saturated carbocycles. The first kappa shape index (κ1) is 10.7. The smallest absolute Gasteiger partial charge is 0.225 e. The minimum atomic E-state index is 0.595. The summed E-state index contributed by atoms with van der Waals surface area (Å²) in [4.78, 5) is 2.28. The second kappa shape index (κ2) is 4.35. The Bertz CT molecular complexity index is 377. The van der Waals surface area contributed by atoms with Gasteiger partial charge in [-0.1, -0.05) is 6.92 Å². The SMILES string of the molecule is CCCN(CC)c1n[nH]c(=S)n1C1CC1. The lowest BCUT2D eigenvalue weighted by Crippen LogP contribution is -2.26. The summed E-state index contributed by atoms with van der Waals surface area (Å²) in [6.45, 7) is 6.37. The van der Waals surface area contributed by atoms with Crippen LogP contribution in [-0.2, 0) is 0 Å². The Kier molecular flexibility index (Phi) is 3.09. The molecule has 1 aromatic heterocycles. The molecule has 1 aliphatic carbocycles. The van der Waals surface area contributed by atoms with Crippen molar-refractivity contribution in [2.24, 2.45) is 0 Å². The number of rotatable bonds is 5. The summed E-state index contributed by atoms with van der Waals surface area (Å²) in [7, 11) is 0. The molecule has 15 heavy (non-hydrogen) atoms. The number of hydrogen-bond donors (Lipinski definition) is 1. The van der Waals surface area contributed by atoms with Gasteiger partial charge in [-0.05, 0) is 38.4 Å². The van der Waals surface area contributed by atoms with Crippen LogP contribution in [0.1, 0.15) is 39.2 Å². The molecule has 1 aliphatic rings. The first-order valence-corrected chi connectivity index (χ1v) is 6.10. The van der Waals surface area contributed by atoms with E-state index in [1.807, 2.05) is 0 Å². The van der Waals surface area contributed by atoms with Gasteiger partial charge < -0.3 is 4.90 Å². The monoisotopic (exact) mass is 226 g/mol. The first-order chi connectivity index (χ1) is 7.27. The third-order valence-electron chi connectivity index (χ3n) is 2.76. The molecule has 0 aromatic carbocycles. The van der Waals surface area contributed by atoms with Crippen molar-refractivity contribution in [2.45, 2.75) is 39.2 Å². The van der Waals surface area contributed by atoms with E-state index in [1.54, 1.807) is 0 Å². The minimum Gasteiger partial charge on any atom is -0.341 e. The third-order valence-corrected chi connectivity index (χ3v) is 3.04. The zero-order chi connectivity index (χ0) is 10.8. The van der Waals surface area contributed by atoms with Gasteiger partial charge in [-0.3, -0.25) is 4.57 Å². The van der Waals surface area contributed by atoms with Crippen molar-refractivity contribution in [2.75, 3.05) is 18.0 Å². The average Bonchev–Trinajstić information content (AvgIpc) is 2.99. The van der Waals surface area contributed by atoms with E-state index >= 15 is 0 Å².